The molecule has 0 saturated heterocycles. The molecule has 0 radical (unpaired) electrons. The van der Waals surface area contributed by atoms with Crippen LogP contribution in [-0.4, -0.2) is 39.3 Å². The third kappa shape index (κ3) is 6.79. The number of carbonyl (C=O) groups is 1. The minimum absolute atomic E-state index is 0.0638. The molecule has 0 spiro atoms. The summed E-state index contributed by atoms with van der Waals surface area (Å²) in [6.07, 6.45) is 0.892. The molecule has 5 heteroatoms. The molecule has 0 atom stereocenters. The lowest BCUT2D eigenvalue weighted by molar-refractivity contribution is -0.115. The number of nitrogens with one attached hydrogen (secondary N) is 2. The van der Waals surface area contributed by atoms with Gasteiger partial charge in [0, 0.05) is 25.5 Å². The lowest BCUT2D eigenvalue weighted by atomic mass is 10.3. The van der Waals surface area contributed by atoms with Crippen LogP contribution in [0.5, 0.6) is 5.75 Å². The van der Waals surface area contributed by atoms with Crippen LogP contribution < -0.4 is 15.4 Å². The average Bonchev–Trinajstić information content (AvgIpc) is 2.39. The van der Waals surface area contributed by atoms with Crippen molar-refractivity contribution in [3.05, 3.63) is 24.3 Å². The van der Waals surface area contributed by atoms with Crippen LogP contribution in [0.4, 0.5) is 5.69 Å². The largest absolute Gasteiger partial charge is 0.494 e. The van der Waals surface area contributed by atoms with E-state index in [9.17, 15) is 4.79 Å². The number of benzene rings is 1. The van der Waals surface area contributed by atoms with E-state index in [1.165, 1.54) is 0 Å². The van der Waals surface area contributed by atoms with Gasteiger partial charge in [0.15, 0.2) is 0 Å². The Hall–Kier alpha value is -1.59. The topological polar surface area (TPSA) is 59.6 Å². The van der Waals surface area contributed by atoms with Crippen molar-refractivity contribution in [1.29, 1.82) is 0 Å². The number of carbonyl (C=O) groups excluding carboxylic acids is 1. The molecular weight excluding hydrogens is 244 g/mol. The van der Waals surface area contributed by atoms with Crippen LogP contribution in [-0.2, 0) is 9.53 Å². The number of hydrogen-bond donors (Lipinski definition) is 2. The summed E-state index contributed by atoms with van der Waals surface area (Å²) in [5, 5.41) is 5.88. The van der Waals surface area contributed by atoms with Gasteiger partial charge in [-0.15, -0.1) is 0 Å². The summed E-state index contributed by atoms with van der Waals surface area (Å²) < 4.78 is 10.3. The summed E-state index contributed by atoms with van der Waals surface area (Å²) in [6.45, 7) is 4.29. The molecule has 0 aliphatic heterocycles. The molecule has 106 valence electrons. The highest BCUT2D eigenvalue weighted by atomic mass is 16.5. The summed E-state index contributed by atoms with van der Waals surface area (Å²) in [7, 11) is 1.66. The molecule has 0 aliphatic carbocycles. The second kappa shape index (κ2) is 9.35. The van der Waals surface area contributed by atoms with Crippen LogP contribution in [0.1, 0.15) is 13.3 Å². The summed E-state index contributed by atoms with van der Waals surface area (Å²) in [5.74, 6) is 0.694. The van der Waals surface area contributed by atoms with Gasteiger partial charge in [-0.1, -0.05) is 6.07 Å². The van der Waals surface area contributed by atoms with Crippen LogP contribution >= 0.6 is 0 Å². The molecule has 1 aromatic rings. The Kier molecular flexibility index (Phi) is 7.62. The first-order valence-electron chi connectivity index (χ1n) is 6.48. The van der Waals surface area contributed by atoms with Crippen molar-refractivity contribution in [2.45, 2.75) is 13.3 Å². The lowest BCUT2D eigenvalue weighted by Crippen LogP contribution is -2.29. The van der Waals surface area contributed by atoms with E-state index in [4.69, 9.17) is 9.47 Å². The standard InChI is InChI=1S/C14H22N2O3/c1-3-19-13-7-4-6-12(10-13)16-14(17)11-15-8-5-9-18-2/h4,6-7,10,15H,3,5,8-9,11H2,1-2H3,(H,16,17). The highest BCUT2D eigenvalue weighted by molar-refractivity contribution is 5.92. The third-order valence-electron chi connectivity index (χ3n) is 2.42. The first-order valence-corrected chi connectivity index (χ1v) is 6.48. The van der Waals surface area contributed by atoms with Gasteiger partial charge in [0.05, 0.1) is 13.2 Å². The molecule has 1 amide bonds. The summed E-state index contributed by atoms with van der Waals surface area (Å²) in [5.41, 5.74) is 0.745. The van der Waals surface area contributed by atoms with Gasteiger partial charge in [-0.3, -0.25) is 4.79 Å². The van der Waals surface area contributed by atoms with Crippen LogP contribution in [0, 0.1) is 0 Å². The van der Waals surface area contributed by atoms with Crippen molar-refractivity contribution in [2.75, 3.05) is 38.7 Å². The number of methoxy groups -OCH3 is 1. The van der Waals surface area contributed by atoms with Crippen molar-refractivity contribution in [2.24, 2.45) is 0 Å². The van der Waals surface area contributed by atoms with Crippen LogP contribution in [0.2, 0.25) is 0 Å². The van der Waals surface area contributed by atoms with Crippen molar-refractivity contribution in [3.63, 3.8) is 0 Å². The molecule has 0 unspecified atom stereocenters. The fourth-order valence-electron chi connectivity index (χ4n) is 1.58. The molecule has 0 fully saturated rings. The normalized spacial score (nSPS) is 10.2. The van der Waals surface area contributed by atoms with Crippen molar-refractivity contribution < 1.29 is 14.3 Å². The first-order chi connectivity index (χ1) is 9.26. The summed E-state index contributed by atoms with van der Waals surface area (Å²) in [4.78, 5) is 11.7. The van der Waals surface area contributed by atoms with E-state index in [2.05, 4.69) is 10.6 Å². The number of anilines is 1. The SMILES string of the molecule is CCOc1cccc(NC(=O)CNCCCOC)c1. The zero-order chi connectivity index (χ0) is 13.9. The summed E-state index contributed by atoms with van der Waals surface area (Å²) >= 11 is 0. The van der Waals surface area contributed by atoms with E-state index in [1.54, 1.807) is 7.11 Å². The van der Waals surface area contributed by atoms with Gasteiger partial charge in [-0.2, -0.15) is 0 Å². The Morgan fingerprint density at radius 1 is 1.37 bits per heavy atom. The highest BCUT2D eigenvalue weighted by Gasteiger charge is 2.02. The predicted octanol–water partition coefficient (Wildman–Crippen LogP) is 1.65. The minimum atomic E-state index is -0.0638. The lowest BCUT2D eigenvalue weighted by Gasteiger charge is -2.08. The Bertz CT molecular complexity index is 383. The molecule has 5 nitrogen and oxygen atoms in total. The second-order valence-corrected chi connectivity index (χ2v) is 4.03. The van der Waals surface area contributed by atoms with Gasteiger partial charge in [0.25, 0.3) is 0 Å². The van der Waals surface area contributed by atoms with Crippen LogP contribution in [0.15, 0.2) is 24.3 Å². The van der Waals surface area contributed by atoms with Gasteiger partial charge in [0.1, 0.15) is 5.75 Å². The maximum atomic E-state index is 11.7. The minimum Gasteiger partial charge on any atom is -0.494 e. The van der Waals surface area contributed by atoms with Gasteiger partial charge in [-0.05, 0) is 32.0 Å². The molecule has 0 saturated carbocycles. The number of hydrogen-bond acceptors (Lipinski definition) is 4. The molecule has 1 rings (SSSR count). The van der Waals surface area contributed by atoms with Crippen molar-refractivity contribution in [1.82, 2.24) is 5.32 Å². The van der Waals surface area contributed by atoms with E-state index >= 15 is 0 Å². The number of rotatable bonds is 9. The summed E-state index contributed by atoms with van der Waals surface area (Å²) in [6, 6.07) is 7.37. The van der Waals surface area contributed by atoms with E-state index in [1.807, 2.05) is 31.2 Å². The smallest absolute Gasteiger partial charge is 0.238 e. The Balaban J connectivity index is 2.29. The molecule has 2 N–H and O–H groups in total. The average molecular weight is 266 g/mol. The molecule has 0 heterocycles. The molecule has 0 aromatic heterocycles. The van der Waals surface area contributed by atoms with Gasteiger partial charge < -0.3 is 20.1 Å². The van der Waals surface area contributed by atoms with Gasteiger partial charge in [0.2, 0.25) is 5.91 Å². The monoisotopic (exact) mass is 266 g/mol. The Labute approximate surface area is 114 Å². The second-order valence-electron chi connectivity index (χ2n) is 4.03. The molecule has 19 heavy (non-hydrogen) atoms. The molecular formula is C14H22N2O3. The van der Waals surface area contributed by atoms with Crippen LogP contribution in [0.25, 0.3) is 0 Å². The first kappa shape index (κ1) is 15.5. The maximum Gasteiger partial charge on any atom is 0.238 e. The van der Waals surface area contributed by atoms with E-state index in [0.717, 1.165) is 24.4 Å². The molecule has 0 bridgehead atoms. The fourth-order valence-corrected chi connectivity index (χ4v) is 1.58. The predicted molar refractivity (Wildman–Crippen MR) is 75.6 cm³/mol. The van der Waals surface area contributed by atoms with Gasteiger partial charge in [-0.25, -0.2) is 0 Å². The highest BCUT2D eigenvalue weighted by Crippen LogP contribution is 2.16. The number of amides is 1. The van der Waals surface area contributed by atoms with Crippen LogP contribution in [0.3, 0.4) is 0 Å². The molecule has 0 aliphatic rings. The van der Waals surface area contributed by atoms with Crippen molar-refractivity contribution in [3.8, 4) is 5.75 Å². The Morgan fingerprint density at radius 2 is 2.21 bits per heavy atom. The maximum absolute atomic E-state index is 11.7. The van der Waals surface area contributed by atoms with E-state index in [0.29, 0.717) is 19.8 Å². The number of ether oxygens (including phenoxy) is 2. The van der Waals surface area contributed by atoms with Gasteiger partial charge >= 0.3 is 0 Å². The molecule has 1 aromatic carbocycles. The van der Waals surface area contributed by atoms with E-state index < -0.39 is 0 Å². The Morgan fingerprint density at radius 3 is 2.95 bits per heavy atom. The fraction of sp³-hybridized carbons (Fsp3) is 0.500. The third-order valence-corrected chi connectivity index (χ3v) is 2.42. The quantitative estimate of drug-likeness (QED) is 0.667. The zero-order valence-electron chi connectivity index (χ0n) is 11.6. The van der Waals surface area contributed by atoms with E-state index in [-0.39, 0.29) is 5.91 Å². The van der Waals surface area contributed by atoms with Crippen molar-refractivity contribution >= 4 is 11.6 Å². The zero-order valence-corrected chi connectivity index (χ0v) is 11.6.